The van der Waals surface area contributed by atoms with E-state index in [1.54, 1.807) is 0 Å². The number of benzene rings is 2. The van der Waals surface area contributed by atoms with Crippen LogP contribution in [0.3, 0.4) is 0 Å². The van der Waals surface area contributed by atoms with E-state index in [0.29, 0.717) is 18.5 Å². The number of nitrogens with two attached hydrogens (primary N) is 1. The molecule has 1 saturated heterocycles. The predicted octanol–water partition coefficient (Wildman–Crippen LogP) is 1.12. The summed E-state index contributed by atoms with van der Waals surface area (Å²) in [6, 6.07) is 12.9. The average Bonchev–Trinajstić information content (AvgIpc) is 2.74. The highest BCUT2D eigenvalue weighted by molar-refractivity contribution is 6.06. The Morgan fingerprint density at radius 3 is 2.40 bits per heavy atom. The SMILES string of the molecule is CC(N)C(=O)NC(CCc1ccccc1)C(=O)NC1CN(c2ccc(F)cc2)C1=O. The van der Waals surface area contributed by atoms with Gasteiger partial charge in [0.15, 0.2) is 0 Å². The van der Waals surface area contributed by atoms with Crippen LogP contribution in [-0.2, 0) is 20.8 Å². The summed E-state index contributed by atoms with van der Waals surface area (Å²) in [7, 11) is 0. The Morgan fingerprint density at radius 1 is 1.13 bits per heavy atom. The predicted molar refractivity (Wildman–Crippen MR) is 111 cm³/mol. The van der Waals surface area contributed by atoms with Gasteiger partial charge in [-0.2, -0.15) is 0 Å². The Bertz CT molecular complexity index is 902. The van der Waals surface area contributed by atoms with Crippen LogP contribution < -0.4 is 21.3 Å². The minimum atomic E-state index is -0.809. The highest BCUT2D eigenvalue weighted by Gasteiger charge is 2.39. The molecule has 8 heteroatoms. The molecule has 3 atom stereocenters. The van der Waals surface area contributed by atoms with Gasteiger partial charge in [-0.05, 0) is 49.6 Å². The topological polar surface area (TPSA) is 105 Å². The van der Waals surface area contributed by atoms with Crippen LogP contribution >= 0.6 is 0 Å². The number of β-lactam (4-membered cyclic amide) rings is 1. The summed E-state index contributed by atoms with van der Waals surface area (Å²) in [6.45, 7) is 1.82. The van der Waals surface area contributed by atoms with Crippen molar-refractivity contribution in [2.45, 2.75) is 37.9 Å². The number of halogens is 1. The first kappa shape index (κ1) is 21.4. The Hall–Kier alpha value is -3.26. The average molecular weight is 412 g/mol. The largest absolute Gasteiger partial charge is 0.343 e. The molecular weight excluding hydrogens is 387 g/mol. The van der Waals surface area contributed by atoms with Crippen molar-refractivity contribution in [2.75, 3.05) is 11.4 Å². The molecule has 2 aromatic rings. The second-order valence-electron chi connectivity index (χ2n) is 7.36. The molecule has 3 rings (SSSR count). The summed E-state index contributed by atoms with van der Waals surface area (Å²) in [4.78, 5) is 38.7. The highest BCUT2D eigenvalue weighted by Crippen LogP contribution is 2.22. The first-order valence-corrected chi connectivity index (χ1v) is 9.82. The van der Waals surface area contributed by atoms with E-state index in [2.05, 4.69) is 10.6 Å². The van der Waals surface area contributed by atoms with Crippen LogP contribution in [0.4, 0.5) is 10.1 Å². The molecule has 0 saturated carbocycles. The summed E-state index contributed by atoms with van der Waals surface area (Å²) in [6.07, 6.45) is 0.954. The fourth-order valence-electron chi connectivity index (χ4n) is 3.19. The summed E-state index contributed by atoms with van der Waals surface area (Å²) in [5.41, 5.74) is 7.22. The second kappa shape index (κ2) is 9.49. The van der Waals surface area contributed by atoms with Crippen LogP contribution in [0.15, 0.2) is 54.6 Å². The lowest BCUT2D eigenvalue weighted by atomic mass is 10.0. The van der Waals surface area contributed by atoms with Gasteiger partial charge in [0.1, 0.15) is 17.9 Å². The van der Waals surface area contributed by atoms with E-state index in [-0.39, 0.29) is 18.3 Å². The van der Waals surface area contributed by atoms with E-state index >= 15 is 0 Å². The molecular formula is C22H25FN4O3. The molecule has 1 aliphatic rings. The van der Waals surface area contributed by atoms with Crippen LogP contribution in [-0.4, -0.2) is 42.4 Å². The maximum Gasteiger partial charge on any atom is 0.251 e. The number of nitrogens with zero attached hydrogens (tertiary/aromatic N) is 1. The van der Waals surface area contributed by atoms with E-state index in [1.807, 2.05) is 30.3 Å². The first-order valence-electron chi connectivity index (χ1n) is 9.82. The molecule has 1 heterocycles. The Labute approximate surface area is 174 Å². The van der Waals surface area contributed by atoms with Gasteiger partial charge >= 0.3 is 0 Å². The summed E-state index contributed by atoms with van der Waals surface area (Å²) in [5, 5.41) is 5.36. The molecule has 4 N–H and O–H groups in total. The van der Waals surface area contributed by atoms with Crippen LogP contribution in [0.25, 0.3) is 0 Å². The number of hydrogen-bond acceptors (Lipinski definition) is 4. The molecule has 3 unspecified atom stereocenters. The van der Waals surface area contributed by atoms with Crippen molar-refractivity contribution in [2.24, 2.45) is 5.73 Å². The van der Waals surface area contributed by atoms with Gasteiger partial charge in [0.25, 0.3) is 5.91 Å². The number of amides is 3. The van der Waals surface area contributed by atoms with Crippen molar-refractivity contribution in [1.82, 2.24) is 10.6 Å². The monoisotopic (exact) mass is 412 g/mol. The lowest BCUT2D eigenvalue weighted by molar-refractivity contribution is -0.133. The number of aryl methyl sites for hydroxylation is 1. The lowest BCUT2D eigenvalue weighted by Crippen LogP contribution is -2.66. The first-order chi connectivity index (χ1) is 14.3. The van der Waals surface area contributed by atoms with Crippen molar-refractivity contribution < 1.29 is 18.8 Å². The molecule has 0 aliphatic carbocycles. The van der Waals surface area contributed by atoms with Gasteiger partial charge in [0.05, 0.1) is 12.6 Å². The van der Waals surface area contributed by atoms with Gasteiger partial charge in [-0.25, -0.2) is 4.39 Å². The molecule has 1 fully saturated rings. The van der Waals surface area contributed by atoms with E-state index in [4.69, 9.17) is 5.73 Å². The molecule has 0 aromatic heterocycles. The molecule has 2 aromatic carbocycles. The van der Waals surface area contributed by atoms with Crippen LogP contribution in [0.5, 0.6) is 0 Å². The zero-order chi connectivity index (χ0) is 21.7. The number of nitrogens with one attached hydrogen (secondary N) is 2. The van der Waals surface area contributed by atoms with Crippen molar-refractivity contribution in [3.63, 3.8) is 0 Å². The number of rotatable bonds is 8. The number of carbonyl (C=O) groups is 3. The normalized spacial score (nSPS) is 17.6. The maximum atomic E-state index is 13.1. The molecule has 0 bridgehead atoms. The second-order valence-corrected chi connectivity index (χ2v) is 7.36. The minimum Gasteiger partial charge on any atom is -0.343 e. The Morgan fingerprint density at radius 2 is 1.80 bits per heavy atom. The van der Waals surface area contributed by atoms with Gasteiger partial charge < -0.3 is 21.3 Å². The zero-order valence-electron chi connectivity index (χ0n) is 16.7. The van der Waals surface area contributed by atoms with Crippen molar-refractivity contribution in [1.29, 1.82) is 0 Å². The molecule has 0 radical (unpaired) electrons. The van der Waals surface area contributed by atoms with E-state index in [1.165, 1.54) is 36.1 Å². The molecule has 30 heavy (non-hydrogen) atoms. The van der Waals surface area contributed by atoms with Crippen molar-refractivity contribution in [3.8, 4) is 0 Å². The molecule has 158 valence electrons. The van der Waals surface area contributed by atoms with Gasteiger partial charge in [0.2, 0.25) is 11.8 Å². The quantitative estimate of drug-likeness (QED) is 0.565. The van der Waals surface area contributed by atoms with Crippen LogP contribution in [0.1, 0.15) is 18.9 Å². The van der Waals surface area contributed by atoms with Gasteiger partial charge in [0, 0.05) is 5.69 Å². The summed E-state index contributed by atoms with van der Waals surface area (Å²) < 4.78 is 13.1. The molecule has 3 amide bonds. The fraction of sp³-hybridized carbons (Fsp3) is 0.318. The summed E-state index contributed by atoms with van der Waals surface area (Å²) in [5.74, 6) is -1.54. The van der Waals surface area contributed by atoms with E-state index < -0.39 is 29.9 Å². The van der Waals surface area contributed by atoms with Crippen LogP contribution in [0.2, 0.25) is 0 Å². The molecule has 1 aliphatic heterocycles. The number of carbonyl (C=O) groups excluding carboxylic acids is 3. The lowest BCUT2D eigenvalue weighted by Gasteiger charge is -2.39. The Kier molecular flexibility index (Phi) is 6.79. The van der Waals surface area contributed by atoms with Gasteiger partial charge in [-0.3, -0.25) is 14.4 Å². The molecule has 0 spiro atoms. The standard InChI is InChI=1S/C22H25FN4O3/c1-14(24)20(28)25-18(12-7-15-5-3-2-4-6-15)21(29)26-19-13-27(22(19)30)17-10-8-16(23)9-11-17/h2-6,8-11,14,18-19H,7,12-13,24H2,1H3,(H,25,28)(H,26,29). The number of hydrogen-bond donors (Lipinski definition) is 3. The van der Waals surface area contributed by atoms with Gasteiger partial charge in [-0.15, -0.1) is 0 Å². The maximum absolute atomic E-state index is 13.1. The zero-order valence-corrected chi connectivity index (χ0v) is 16.7. The van der Waals surface area contributed by atoms with Crippen LogP contribution in [0, 0.1) is 5.82 Å². The minimum absolute atomic E-state index is 0.281. The highest BCUT2D eigenvalue weighted by atomic mass is 19.1. The van der Waals surface area contributed by atoms with E-state index in [0.717, 1.165) is 5.56 Å². The van der Waals surface area contributed by atoms with Crippen molar-refractivity contribution >= 4 is 23.4 Å². The summed E-state index contributed by atoms with van der Waals surface area (Å²) >= 11 is 0. The third-order valence-corrected chi connectivity index (χ3v) is 5.00. The van der Waals surface area contributed by atoms with Gasteiger partial charge in [-0.1, -0.05) is 30.3 Å². The smallest absolute Gasteiger partial charge is 0.251 e. The Balaban J connectivity index is 1.60. The number of anilines is 1. The third-order valence-electron chi connectivity index (χ3n) is 5.00. The van der Waals surface area contributed by atoms with E-state index in [9.17, 15) is 18.8 Å². The van der Waals surface area contributed by atoms with Crippen molar-refractivity contribution in [3.05, 3.63) is 66.0 Å². The molecule has 7 nitrogen and oxygen atoms in total. The third kappa shape index (κ3) is 5.21. The fourth-order valence-corrected chi connectivity index (χ4v) is 3.19.